The molecule has 0 saturated heterocycles. The van der Waals surface area contributed by atoms with Crippen molar-refractivity contribution in [3.63, 3.8) is 0 Å². The number of halogens is 2. The molecule has 2 rings (SSSR count). The molecule has 0 saturated carbocycles. The van der Waals surface area contributed by atoms with Gasteiger partial charge in [-0.05, 0) is 43.2 Å². The molecule has 0 aliphatic heterocycles. The van der Waals surface area contributed by atoms with E-state index in [1.165, 1.54) is 0 Å². The zero-order valence-corrected chi connectivity index (χ0v) is 17.4. The molecule has 0 aromatic heterocycles. The summed E-state index contributed by atoms with van der Waals surface area (Å²) in [7, 11) is 0. The van der Waals surface area contributed by atoms with E-state index >= 15 is 0 Å². The number of hydrogen-bond donors (Lipinski definition) is 2. The van der Waals surface area contributed by atoms with E-state index < -0.39 is 0 Å². The smallest absolute Gasteiger partial charge is 0.192 e. The number of aliphatic imine (C=N–C) groups is 1. The topological polar surface area (TPSA) is 60.2 Å². The van der Waals surface area contributed by atoms with Crippen molar-refractivity contribution in [3.05, 3.63) is 70.2 Å². The summed E-state index contributed by atoms with van der Waals surface area (Å²) < 4.78 is 0. The van der Waals surface area contributed by atoms with Crippen LogP contribution >= 0.6 is 35.6 Å². The molecular formula is C19H22ClIN4. The minimum absolute atomic E-state index is 0. The quantitative estimate of drug-likeness (QED) is 0.382. The first-order valence-electron chi connectivity index (χ1n) is 7.92. The molecule has 0 heterocycles. The summed E-state index contributed by atoms with van der Waals surface area (Å²) in [5.74, 6) is 0.715. The predicted octanol–water partition coefficient (Wildman–Crippen LogP) is 4.65. The second-order valence-electron chi connectivity index (χ2n) is 5.39. The number of guanidine groups is 1. The van der Waals surface area contributed by atoms with Crippen molar-refractivity contribution in [1.29, 1.82) is 5.26 Å². The van der Waals surface area contributed by atoms with Crippen molar-refractivity contribution in [2.75, 3.05) is 6.54 Å². The molecule has 0 radical (unpaired) electrons. The molecule has 0 fully saturated rings. The van der Waals surface area contributed by atoms with E-state index in [-0.39, 0.29) is 30.0 Å². The largest absolute Gasteiger partial charge is 0.357 e. The fourth-order valence-corrected chi connectivity index (χ4v) is 2.64. The zero-order chi connectivity index (χ0) is 17.4. The Kier molecular flexibility index (Phi) is 9.32. The Morgan fingerprint density at radius 3 is 2.68 bits per heavy atom. The first kappa shape index (κ1) is 21.3. The van der Waals surface area contributed by atoms with Gasteiger partial charge in [-0.25, -0.2) is 4.99 Å². The highest BCUT2D eigenvalue weighted by Gasteiger charge is 2.10. The Morgan fingerprint density at radius 2 is 2.00 bits per heavy atom. The van der Waals surface area contributed by atoms with Gasteiger partial charge in [-0.3, -0.25) is 0 Å². The van der Waals surface area contributed by atoms with Crippen LogP contribution in [-0.4, -0.2) is 12.5 Å². The SMILES string of the molecule is CCNC(=NCc1cccc(C#N)c1)NC(C)c1ccccc1Cl.I. The van der Waals surface area contributed by atoms with Crippen LogP contribution < -0.4 is 10.6 Å². The predicted molar refractivity (Wildman–Crippen MR) is 114 cm³/mol. The lowest BCUT2D eigenvalue weighted by molar-refractivity contribution is 0.686. The van der Waals surface area contributed by atoms with Crippen LogP contribution in [-0.2, 0) is 6.54 Å². The maximum Gasteiger partial charge on any atom is 0.192 e. The lowest BCUT2D eigenvalue weighted by Gasteiger charge is -2.19. The first-order valence-corrected chi connectivity index (χ1v) is 8.30. The van der Waals surface area contributed by atoms with Gasteiger partial charge in [0.05, 0.1) is 24.2 Å². The lowest BCUT2D eigenvalue weighted by atomic mass is 10.1. The second-order valence-corrected chi connectivity index (χ2v) is 5.80. The maximum absolute atomic E-state index is 8.97. The Hall–Kier alpha value is -1.78. The molecule has 6 heteroatoms. The summed E-state index contributed by atoms with van der Waals surface area (Å²) in [6.45, 7) is 5.33. The van der Waals surface area contributed by atoms with E-state index in [1.807, 2.05) is 56.3 Å². The van der Waals surface area contributed by atoms with Crippen LogP contribution in [0.15, 0.2) is 53.5 Å². The maximum atomic E-state index is 8.97. The molecule has 2 N–H and O–H groups in total. The van der Waals surface area contributed by atoms with E-state index in [9.17, 15) is 0 Å². The monoisotopic (exact) mass is 468 g/mol. The summed E-state index contributed by atoms with van der Waals surface area (Å²) in [6.07, 6.45) is 0. The number of hydrogen-bond acceptors (Lipinski definition) is 2. The average Bonchev–Trinajstić information content (AvgIpc) is 2.60. The summed E-state index contributed by atoms with van der Waals surface area (Å²) in [6, 6.07) is 17.4. The number of rotatable bonds is 5. The number of nitriles is 1. The Labute approximate surface area is 171 Å². The van der Waals surface area contributed by atoms with Gasteiger partial charge in [-0.15, -0.1) is 24.0 Å². The molecule has 1 atom stereocenters. The molecule has 0 aliphatic rings. The van der Waals surface area contributed by atoms with E-state index in [2.05, 4.69) is 21.7 Å². The van der Waals surface area contributed by atoms with Crippen molar-refractivity contribution < 1.29 is 0 Å². The number of nitrogens with one attached hydrogen (secondary N) is 2. The fraction of sp³-hybridized carbons (Fsp3) is 0.263. The van der Waals surface area contributed by atoms with Gasteiger partial charge < -0.3 is 10.6 Å². The Morgan fingerprint density at radius 1 is 1.24 bits per heavy atom. The molecule has 25 heavy (non-hydrogen) atoms. The van der Waals surface area contributed by atoms with Gasteiger partial charge in [0.25, 0.3) is 0 Å². The van der Waals surface area contributed by atoms with Gasteiger partial charge in [0.2, 0.25) is 0 Å². The van der Waals surface area contributed by atoms with Gasteiger partial charge in [0, 0.05) is 11.6 Å². The van der Waals surface area contributed by atoms with Gasteiger partial charge in [0.1, 0.15) is 0 Å². The summed E-state index contributed by atoms with van der Waals surface area (Å²) in [4.78, 5) is 4.60. The molecule has 0 bridgehead atoms. The third kappa shape index (κ3) is 6.56. The second kappa shape index (κ2) is 11.0. The first-order chi connectivity index (χ1) is 11.6. The van der Waals surface area contributed by atoms with Crippen LogP contribution in [0.3, 0.4) is 0 Å². The van der Waals surface area contributed by atoms with Crippen LogP contribution in [0.5, 0.6) is 0 Å². The zero-order valence-electron chi connectivity index (χ0n) is 14.3. The van der Waals surface area contributed by atoms with E-state index in [1.54, 1.807) is 6.07 Å². The third-order valence-electron chi connectivity index (χ3n) is 3.55. The van der Waals surface area contributed by atoms with Crippen molar-refractivity contribution in [3.8, 4) is 6.07 Å². The minimum Gasteiger partial charge on any atom is -0.357 e. The molecule has 2 aromatic carbocycles. The van der Waals surface area contributed by atoms with Crippen molar-refractivity contribution in [2.45, 2.75) is 26.4 Å². The molecule has 1 unspecified atom stereocenters. The molecule has 0 aliphatic carbocycles. The van der Waals surface area contributed by atoms with E-state index in [0.717, 1.165) is 22.7 Å². The normalized spacial score (nSPS) is 11.8. The standard InChI is InChI=1S/C19H21ClN4.HI/c1-3-22-19(23-13-16-8-6-7-15(11-16)12-21)24-14(2)17-9-4-5-10-18(17)20;/h4-11,14H,3,13H2,1-2H3,(H2,22,23,24);1H. The molecule has 0 amide bonds. The van der Waals surface area contributed by atoms with Crippen molar-refractivity contribution in [1.82, 2.24) is 10.6 Å². The van der Waals surface area contributed by atoms with E-state index in [4.69, 9.17) is 16.9 Å². The van der Waals surface area contributed by atoms with Crippen LogP contribution in [0.25, 0.3) is 0 Å². The Balaban J connectivity index is 0.00000312. The van der Waals surface area contributed by atoms with Crippen LogP contribution in [0, 0.1) is 11.3 Å². The van der Waals surface area contributed by atoms with Crippen LogP contribution in [0.1, 0.15) is 36.6 Å². The lowest BCUT2D eigenvalue weighted by Crippen LogP contribution is -2.38. The molecule has 0 spiro atoms. The molecular weight excluding hydrogens is 447 g/mol. The molecule has 2 aromatic rings. The van der Waals surface area contributed by atoms with Gasteiger partial charge >= 0.3 is 0 Å². The van der Waals surface area contributed by atoms with Gasteiger partial charge in [-0.1, -0.05) is 41.9 Å². The number of nitrogens with zero attached hydrogens (tertiary/aromatic N) is 2. The number of benzene rings is 2. The minimum atomic E-state index is 0. The summed E-state index contributed by atoms with van der Waals surface area (Å²) in [5, 5.41) is 16.3. The average molecular weight is 469 g/mol. The Bertz CT molecular complexity index is 755. The van der Waals surface area contributed by atoms with Gasteiger partial charge in [0.15, 0.2) is 5.96 Å². The van der Waals surface area contributed by atoms with E-state index in [0.29, 0.717) is 18.1 Å². The van der Waals surface area contributed by atoms with Crippen LogP contribution in [0.2, 0.25) is 5.02 Å². The molecule has 4 nitrogen and oxygen atoms in total. The van der Waals surface area contributed by atoms with Gasteiger partial charge in [-0.2, -0.15) is 5.26 Å². The highest BCUT2D eigenvalue weighted by Crippen LogP contribution is 2.21. The fourth-order valence-electron chi connectivity index (χ4n) is 2.34. The summed E-state index contributed by atoms with van der Waals surface area (Å²) in [5.41, 5.74) is 2.66. The highest BCUT2D eigenvalue weighted by atomic mass is 127. The van der Waals surface area contributed by atoms with Crippen molar-refractivity contribution in [2.24, 2.45) is 4.99 Å². The third-order valence-corrected chi connectivity index (χ3v) is 3.89. The van der Waals surface area contributed by atoms with Crippen LogP contribution in [0.4, 0.5) is 0 Å². The molecule has 132 valence electrons. The summed E-state index contributed by atoms with van der Waals surface area (Å²) >= 11 is 6.26. The highest BCUT2D eigenvalue weighted by molar-refractivity contribution is 14.0. The van der Waals surface area contributed by atoms with Crippen molar-refractivity contribution >= 4 is 41.5 Å².